The molecule has 0 bridgehead atoms. The number of likely N-dealkylation sites (tertiary alicyclic amines) is 2. The molecule has 2 saturated heterocycles. The number of aromatic amines is 2. The van der Waals surface area contributed by atoms with Gasteiger partial charge in [-0.1, -0.05) is 52.0 Å². The second kappa shape index (κ2) is 15.0. The average molecular weight is 849 g/mol. The number of amides is 4. The third-order valence-corrected chi connectivity index (χ3v) is 12.6. The number of imidazole rings is 2. The van der Waals surface area contributed by atoms with Crippen LogP contribution in [0.25, 0.3) is 53.4 Å². The molecule has 316 valence electrons. The molecular weight excluding hydrogens is 805 g/mol. The number of benzene rings is 3. The van der Waals surface area contributed by atoms with Crippen molar-refractivity contribution in [3.8, 4) is 10.4 Å². The van der Waals surface area contributed by atoms with Crippen LogP contribution in [0.4, 0.5) is 22.4 Å². The van der Waals surface area contributed by atoms with Crippen LogP contribution in [0.15, 0.2) is 48.5 Å². The van der Waals surface area contributed by atoms with E-state index in [2.05, 4.69) is 35.3 Å². The molecule has 0 radical (unpaired) electrons. The molecule has 0 unspecified atom stereocenters. The third kappa shape index (κ3) is 7.49. The molecule has 5 heterocycles. The van der Waals surface area contributed by atoms with Gasteiger partial charge >= 0.3 is 6.09 Å². The third-order valence-electron chi connectivity index (χ3n) is 11.4. The molecule has 4 N–H and O–H groups in total. The van der Waals surface area contributed by atoms with E-state index in [1.165, 1.54) is 18.3 Å². The molecular formula is C42H44F4N8O5S. The number of aromatic nitrogens is 4. The highest BCUT2D eigenvalue weighted by Crippen LogP contribution is 2.45. The summed E-state index contributed by atoms with van der Waals surface area (Å²) in [7, 11) is 1.16. The van der Waals surface area contributed by atoms with E-state index >= 15 is 0 Å². The standard InChI is InChI=1S/C42H44F4N8O5S/c1-19(2)31(47-21(5)55)38(56)53-17-42(45,46)16-29(53)37-49-27-12-9-24-14-30(60-35(24)34(27)51-37)23-7-10-25-22(13-23)8-11-26-33(25)50-36(48-26)28-15-41(43,44)18-54(28)39(57)32(20(3)4)52-40(58)59-6/h7-14,19-20,28-29,31-32H,15-18H2,1-6H3,(H,47,55)(H,48,50)(H,49,51)(H,52,58)/t28-,29-,31-,32-/m0/s1. The second-order valence-electron chi connectivity index (χ2n) is 16.5. The van der Waals surface area contributed by atoms with E-state index in [1.54, 1.807) is 33.8 Å². The Morgan fingerprint density at radius 3 is 1.85 bits per heavy atom. The summed E-state index contributed by atoms with van der Waals surface area (Å²) in [5.74, 6) is -8.27. The molecule has 0 saturated carbocycles. The number of carbonyl (C=O) groups excluding carboxylic acids is 4. The summed E-state index contributed by atoms with van der Waals surface area (Å²) in [6, 6.07) is 11.1. The zero-order valence-electron chi connectivity index (χ0n) is 33.7. The van der Waals surface area contributed by atoms with Gasteiger partial charge < -0.3 is 35.1 Å². The minimum Gasteiger partial charge on any atom is -0.453 e. The lowest BCUT2D eigenvalue weighted by molar-refractivity contribution is -0.139. The van der Waals surface area contributed by atoms with Crippen LogP contribution >= 0.6 is 11.3 Å². The van der Waals surface area contributed by atoms with Gasteiger partial charge in [-0.2, -0.15) is 0 Å². The summed E-state index contributed by atoms with van der Waals surface area (Å²) in [4.78, 5) is 70.2. The number of hydrogen-bond donors (Lipinski definition) is 4. The van der Waals surface area contributed by atoms with Crippen molar-refractivity contribution >= 4 is 78.1 Å². The Kier molecular flexibility index (Phi) is 10.3. The van der Waals surface area contributed by atoms with Gasteiger partial charge in [0.1, 0.15) is 23.7 Å². The normalized spacial score (nSPS) is 19.9. The Balaban J connectivity index is 1.10. The van der Waals surface area contributed by atoms with Crippen LogP contribution < -0.4 is 10.6 Å². The molecule has 2 aliphatic rings. The highest BCUT2D eigenvalue weighted by molar-refractivity contribution is 7.23. The number of nitrogens with zero attached hydrogens (tertiary/aromatic N) is 4. The van der Waals surface area contributed by atoms with Gasteiger partial charge in [0.05, 0.1) is 59.0 Å². The zero-order valence-corrected chi connectivity index (χ0v) is 34.5. The Labute approximate surface area is 345 Å². The minimum absolute atomic E-state index is 0.210. The Morgan fingerprint density at radius 1 is 0.767 bits per heavy atom. The molecule has 3 aromatic carbocycles. The minimum atomic E-state index is -3.17. The smallest absolute Gasteiger partial charge is 0.407 e. The van der Waals surface area contributed by atoms with Gasteiger partial charge in [0.15, 0.2) is 0 Å². The first-order chi connectivity index (χ1) is 28.3. The van der Waals surface area contributed by atoms with Crippen molar-refractivity contribution < 1.29 is 41.5 Å². The summed E-state index contributed by atoms with van der Waals surface area (Å²) in [5.41, 5.74) is 3.27. The number of rotatable bonds is 9. The lowest BCUT2D eigenvalue weighted by atomic mass is 10.0. The van der Waals surface area contributed by atoms with Crippen LogP contribution in [0.2, 0.25) is 0 Å². The van der Waals surface area contributed by atoms with Crippen molar-refractivity contribution in [1.82, 2.24) is 40.4 Å². The van der Waals surface area contributed by atoms with E-state index in [0.29, 0.717) is 22.1 Å². The molecule has 0 spiro atoms. The fourth-order valence-electron chi connectivity index (χ4n) is 8.41. The number of H-pyrrole nitrogens is 2. The Bertz CT molecular complexity index is 2690. The molecule has 4 amide bonds. The van der Waals surface area contributed by atoms with E-state index in [-0.39, 0.29) is 17.6 Å². The van der Waals surface area contributed by atoms with E-state index in [0.717, 1.165) is 48.2 Å². The Hall–Kier alpha value is -5.78. The summed E-state index contributed by atoms with van der Waals surface area (Å²) in [6.07, 6.45) is -2.09. The number of hydrogen-bond acceptors (Lipinski definition) is 8. The Morgan fingerprint density at radius 2 is 1.30 bits per heavy atom. The fourth-order valence-corrected chi connectivity index (χ4v) is 9.56. The van der Waals surface area contributed by atoms with Gasteiger partial charge in [-0.15, -0.1) is 11.3 Å². The molecule has 2 aliphatic heterocycles. The first-order valence-electron chi connectivity index (χ1n) is 19.7. The fraction of sp³-hybridized carbons (Fsp3) is 0.429. The summed E-state index contributed by atoms with van der Waals surface area (Å²) < 4.78 is 65.4. The molecule has 0 aliphatic carbocycles. The van der Waals surface area contributed by atoms with Crippen molar-refractivity contribution in [2.24, 2.45) is 11.8 Å². The molecule has 3 aromatic heterocycles. The van der Waals surface area contributed by atoms with Gasteiger partial charge in [-0.3, -0.25) is 14.4 Å². The van der Waals surface area contributed by atoms with Crippen LogP contribution in [0.1, 0.15) is 71.2 Å². The summed E-state index contributed by atoms with van der Waals surface area (Å²) >= 11 is 1.49. The number of alkyl halides is 4. The van der Waals surface area contributed by atoms with Crippen molar-refractivity contribution in [3.05, 3.63) is 60.2 Å². The van der Waals surface area contributed by atoms with Crippen LogP contribution in [-0.2, 0) is 19.1 Å². The second-order valence-corrected chi connectivity index (χ2v) is 17.5. The number of nitrogens with one attached hydrogen (secondary N) is 4. The number of halogens is 4. The maximum Gasteiger partial charge on any atom is 0.407 e. The van der Waals surface area contributed by atoms with Crippen molar-refractivity contribution in [1.29, 1.82) is 0 Å². The van der Waals surface area contributed by atoms with Gasteiger partial charge in [0.25, 0.3) is 11.8 Å². The van der Waals surface area contributed by atoms with E-state index < -0.39 is 91.7 Å². The maximum atomic E-state index is 15.0. The van der Waals surface area contributed by atoms with Gasteiger partial charge in [-0.25, -0.2) is 32.3 Å². The molecule has 18 heteroatoms. The van der Waals surface area contributed by atoms with Crippen LogP contribution in [0.5, 0.6) is 0 Å². The predicted octanol–water partition coefficient (Wildman–Crippen LogP) is 7.83. The largest absolute Gasteiger partial charge is 0.453 e. The average Bonchev–Trinajstić information content (AvgIpc) is 4.02. The summed E-state index contributed by atoms with van der Waals surface area (Å²) in [5, 5.41) is 7.63. The maximum absolute atomic E-state index is 15.0. The first kappa shape index (κ1) is 41.0. The lowest BCUT2D eigenvalue weighted by Gasteiger charge is -2.29. The number of ether oxygens (including phenoxy) is 1. The SMILES string of the molecule is COC(=O)N[C@H](C(=O)N1CC(F)(F)C[C@H]1c1nc2ccc3cc(-c4cc5ccc6nc([C@@H]7CC(F)(F)CN7C(=O)[C@@H](NC(C)=O)C(C)C)[nH]c6c5s4)ccc3c2[nH]1)C(C)C. The summed E-state index contributed by atoms with van der Waals surface area (Å²) in [6.45, 7) is 6.58. The van der Waals surface area contributed by atoms with Crippen molar-refractivity contribution in [2.45, 2.75) is 83.5 Å². The topological polar surface area (TPSA) is 165 Å². The zero-order chi connectivity index (χ0) is 43.0. The van der Waals surface area contributed by atoms with E-state index in [1.807, 2.05) is 42.5 Å². The van der Waals surface area contributed by atoms with Crippen LogP contribution in [-0.4, -0.2) is 97.7 Å². The quantitative estimate of drug-likeness (QED) is 0.108. The molecule has 13 nitrogen and oxygen atoms in total. The number of methoxy groups -OCH3 is 1. The highest BCUT2D eigenvalue weighted by atomic mass is 32.1. The van der Waals surface area contributed by atoms with Gasteiger partial charge in [-0.05, 0) is 52.4 Å². The predicted molar refractivity (Wildman–Crippen MR) is 219 cm³/mol. The molecule has 60 heavy (non-hydrogen) atoms. The lowest BCUT2D eigenvalue weighted by Crippen LogP contribution is -2.51. The van der Waals surface area contributed by atoms with Crippen LogP contribution in [0.3, 0.4) is 0 Å². The highest BCUT2D eigenvalue weighted by Gasteiger charge is 2.51. The van der Waals surface area contributed by atoms with E-state index in [4.69, 9.17) is 0 Å². The first-order valence-corrected chi connectivity index (χ1v) is 20.5. The molecule has 6 aromatic rings. The van der Waals surface area contributed by atoms with Crippen LogP contribution in [0, 0.1) is 11.8 Å². The van der Waals surface area contributed by atoms with Gasteiger partial charge in [0.2, 0.25) is 17.7 Å². The molecule has 8 rings (SSSR count). The van der Waals surface area contributed by atoms with Crippen molar-refractivity contribution in [2.75, 3.05) is 20.2 Å². The molecule has 2 fully saturated rings. The van der Waals surface area contributed by atoms with Gasteiger partial charge in [0, 0.05) is 30.0 Å². The number of carbonyl (C=O) groups is 4. The number of alkyl carbamates (subject to hydrolysis) is 1. The number of fused-ring (bicyclic) bond motifs is 6. The molecule has 4 atom stereocenters. The monoisotopic (exact) mass is 848 g/mol. The number of thiophene rings is 1. The van der Waals surface area contributed by atoms with E-state index in [9.17, 15) is 36.7 Å². The van der Waals surface area contributed by atoms with Crippen molar-refractivity contribution in [3.63, 3.8) is 0 Å².